The Morgan fingerprint density at radius 2 is 2.26 bits per heavy atom. The van der Waals surface area contributed by atoms with Crippen molar-refractivity contribution in [2.75, 3.05) is 0 Å². The highest BCUT2D eigenvalue weighted by Gasteiger charge is 2.30. The zero-order chi connectivity index (χ0) is 18.4. The number of pyridine rings is 1. The van der Waals surface area contributed by atoms with E-state index >= 15 is 0 Å². The molecule has 5 heterocycles. The molecule has 0 amide bonds. The first kappa shape index (κ1) is 16.7. The van der Waals surface area contributed by atoms with Gasteiger partial charge < -0.3 is 10.1 Å². The number of hydrogen-bond donors (Lipinski definition) is 1. The lowest BCUT2D eigenvalue weighted by molar-refractivity contribution is -0.0379. The van der Waals surface area contributed by atoms with Crippen LogP contribution in [0.2, 0.25) is 0 Å². The average molecular weight is 380 g/mol. The zero-order valence-corrected chi connectivity index (χ0v) is 16.1. The molecule has 0 fully saturated rings. The molecule has 0 bridgehead atoms. The van der Waals surface area contributed by atoms with Gasteiger partial charge in [-0.15, -0.1) is 16.4 Å². The second-order valence-electron chi connectivity index (χ2n) is 7.41. The Kier molecular flexibility index (Phi) is 3.92. The summed E-state index contributed by atoms with van der Waals surface area (Å²) in [5, 5.41) is 9.10. The van der Waals surface area contributed by atoms with E-state index in [1.807, 2.05) is 18.3 Å². The summed E-state index contributed by atoms with van der Waals surface area (Å²) in [5.41, 5.74) is 3.17. The molecule has 0 atom stereocenters. The summed E-state index contributed by atoms with van der Waals surface area (Å²) in [4.78, 5) is 15.8. The second-order valence-corrected chi connectivity index (χ2v) is 8.50. The summed E-state index contributed by atoms with van der Waals surface area (Å²) < 4.78 is 7.75. The highest BCUT2D eigenvalue weighted by atomic mass is 32.1. The van der Waals surface area contributed by atoms with E-state index in [9.17, 15) is 0 Å². The lowest BCUT2D eigenvalue weighted by atomic mass is 9.94. The van der Waals surface area contributed by atoms with Gasteiger partial charge in [-0.3, -0.25) is 4.98 Å². The second kappa shape index (κ2) is 6.33. The molecule has 1 N–H and O–H groups in total. The van der Waals surface area contributed by atoms with Crippen LogP contribution in [-0.4, -0.2) is 30.2 Å². The van der Waals surface area contributed by atoms with Gasteiger partial charge >= 0.3 is 0 Å². The number of nitrogens with zero attached hydrogens (tertiary/aromatic N) is 5. The van der Waals surface area contributed by atoms with Crippen molar-refractivity contribution in [2.45, 2.75) is 45.6 Å². The van der Waals surface area contributed by atoms with E-state index in [2.05, 4.69) is 34.2 Å². The van der Waals surface area contributed by atoms with Crippen molar-refractivity contribution in [3.8, 4) is 0 Å². The first-order valence-corrected chi connectivity index (χ1v) is 9.79. The molecule has 1 aliphatic rings. The third-order valence-electron chi connectivity index (χ3n) is 4.79. The number of fused-ring (bicyclic) bond motifs is 5. The fourth-order valence-corrected chi connectivity index (χ4v) is 4.55. The predicted molar refractivity (Wildman–Crippen MR) is 104 cm³/mol. The fourth-order valence-electron chi connectivity index (χ4n) is 3.48. The molecule has 4 aromatic heterocycles. The zero-order valence-electron chi connectivity index (χ0n) is 15.3. The summed E-state index contributed by atoms with van der Waals surface area (Å²) in [7, 11) is 0. The van der Waals surface area contributed by atoms with Gasteiger partial charge in [-0.05, 0) is 31.0 Å². The molecule has 0 radical (unpaired) electrons. The van der Waals surface area contributed by atoms with Gasteiger partial charge in [0.1, 0.15) is 11.2 Å². The lowest BCUT2D eigenvalue weighted by Gasteiger charge is -2.30. The minimum Gasteiger partial charge on any atom is -0.370 e. The molecule has 5 rings (SSSR count). The molecule has 1 aliphatic heterocycles. The topological polar surface area (TPSA) is 77.2 Å². The maximum atomic E-state index is 5.96. The van der Waals surface area contributed by atoms with Gasteiger partial charge in [-0.2, -0.15) is 0 Å². The molecule has 0 aromatic carbocycles. The van der Waals surface area contributed by atoms with E-state index in [0.29, 0.717) is 13.2 Å². The third kappa shape index (κ3) is 3.09. The van der Waals surface area contributed by atoms with Crippen LogP contribution >= 0.6 is 11.3 Å². The molecule has 4 aromatic rings. The Hall–Kier alpha value is -2.42. The molecule has 8 heteroatoms. The van der Waals surface area contributed by atoms with Gasteiger partial charge in [0.2, 0.25) is 0 Å². The van der Waals surface area contributed by atoms with Crippen molar-refractivity contribution in [2.24, 2.45) is 0 Å². The highest BCUT2D eigenvalue weighted by molar-refractivity contribution is 7.19. The van der Waals surface area contributed by atoms with Gasteiger partial charge in [0.05, 0.1) is 24.1 Å². The molecule has 0 aliphatic carbocycles. The molecule has 27 heavy (non-hydrogen) atoms. The first-order valence-electron chi connectivity index (χ1n) is 8.97. The summed E-state index contributed by atoms with van der Waals surface area (Å²) >= 11 is 1.70. The molecule has 0 saturated carbocycles. The van der Waals surface area contributed by atoms with E-state index < -0.39 is 0 Å². The normalized spacial score (nSPS) is 16.1. The van der Waals surface area contributed by atoms with Crippen LogP contribution in [0.1, 0.15) is 35.7 Å². The van der Waals surface area contributed by atoms with Crippen LogP contribution in [0.3, 0.4) is 0 Å². The van der Waals surface area contributed by atoms with Crippen molar-refractivity contribution >= 4 is 27.2 Å². The molecule has 0 unspecified atom stereocenters. The number of ether oxygens (including phenoxy) is 1. The van der Waals surface area contributed by atoms with Crippen molar-refractivity contribution in [1.82, 2.24) is 29.9 Å². The SMILES string of the molecule is CC1(C)Cc2c(sc3ncn4nc(CNCc5cccnc5)nc4c23)CO1. The number of rotatable bonds is 4. The molecular formula is C19H20N6OS. The highest BCUT2D eigenvalue weighted by Crippen LogP contribution is 2.39. The third-order valence-corrected chi connectivity index (χ3v) is 5.90. The van der Waals surface area contributed by atoms with E-state index in [0.717, 1.165) is 40.2 Å². The Bertz CT molecular complexity index is 1120. The predicted octanol–water partition coefficient (Wildman–Crippen LogP) is 2.88. The number of thiophene rings is 1. The smallest absolute Gasteiger partial charge is 0.168 e. The minimum atomic E-state index is -0.165. The Morgan fingerprint density at radius 3 is 3.11 bits per heavy atom. The standard InChI is InChI=1S/C19H20N6OS/c1-19(2)6-13-14(10-26-19)27-18-16(13)17-23-15(24-25(17)11-22-18)9-21-8-12-4-3-5-20-7-12/h3-5,7,11,21H,6,8-10H2,1-2H3. The number of hydrogen-bond acceptors (Lipinski definition) is 7. The van der Waals surface area contributed by atoms with Gasteiger partial charge in [-0.1, -0.05) is 6.07 Å². The van der Waals surface area contributed by atoms with E-state index in [1.165, 1.54) is 10.4 Å². The summed E-state index contributed by atoms with van der Waals surface area (Å²) in [6, 6.07) is 3.99. The van der Waals surface area contributed by atoms with Crippen LogP contribution in [-0.2, 0) is 30.9 Å². The summed E-state index contributed by atoms with van der Waals surface area (Å²) in [6.45, 7) is 6.23. The van der Waals surface area contributed by atoms with E-state index in [-0.39, 0.29) is 5.60 Å². The van der Waals surface area contributed by atoms with Crippen LogP contribution in [0.5, 0.6) is 0 Å². The van der Waals surface area contributed by atoms with Gasteiger partial charge in [0, 0.05) is 30.2 Å². The van der Waals surface area contributed by atoms with Crippen molar-refractivity contribution < 1.29 is 4.74 Å². The Labute approximate surface area is 160 Å². The van der Waals surface area contributed by atoms with E-state index in [1.54, 1.807) is 28.4 Å². The van der Waals surface area contributed by atoms with Crippen LogP contribution in [0.25, 0.3) is 15.9 Å². The quantitative estimate of drug-likeness (QED) is 0.587. The van der Waals surface area contributed by atoms with Crippen molar-refractivity contribution in [3.05, 3.63) is 52.7 Å². The minimum absolute atomic E-state index is 0.165. The van der Waals surface area contributed by atoms with Crippen LogP contribution in [0.15, 0.2) is 30.9 Å². The average Bonchev–Trinajstić information content (AvgIpc) is 3.22. The van der Waals surface area contributed by atoms with Gasteiger partial charge in [0.25, 0.3) is 0 Å². The maximum Gasteiger partial charge on any atom is 0.168 e. The first-order chi connectivity index (χ1) is 13.1. The molecule has 0 spiro atoms. The van der Waals surface area contributed by atoms with Crippen molar-refractivity contribution in [1.29, 1.82) is 0 Å². The summed E-state index contributed by atoms with van der Waals surface area (Å²) in [6.07, 6.45) is 6.26. The molecule has 0 saturated heterocycles. The molecule has 7 nitrogen and oxygen atoms in total. The fraction of sp³-hybridized carbons (Fsp3) is 0.368. The van der Waals surface area contributed by atoms with Gasteiger partial charge in [0.15, 0.2) is 11.5 Å². The van der Waals surface area contributed by atoms with Crippen LogP contribution in [0, 0.1) is 0 Å². The van der Waals surface area contributed by atoms with Crippen LogP contribution in [0.4, 0.5) is 0 Å². The number of aromatic nitrogens is 5. The Balaban J connectivity index is 1.46. The Morgan fingerprint density at radius 1 is 1.33 bits per heavy atom. The largest absolute Gasteiger partial charge is 0.370 e. The number of nitrogens with one attached hydrogen (secondary N) is 1. The maximum absolute atomic E-state index is 5.96. The lowest BCUT2D eigenvalue weighted by Crippen LogP contribution is -2.31. The van der Waals surface area contributed by atoms with Crippen LogP contribution < -0.4 is 5.32 Å². The molecular weight excluding hydrogens is 360 g/mol. The van der Waals surface area contributed by atoms with Gasteiger partial charge in [-0.25, -0.2) is 14.5 Å². The van der Waals surface area contributed by atoms with E-state index in [4.69, 9.17) is 9.72 Å². The molecule has 138 valence electrons. The summed E-state index contributed by atoms with van der Waals surface area (Å²) in [5.74, 6) is 0.763. The van der Waals surface area contributed by atoms with Crippen molar-refractivity contribution in [3.63, 3.8) is 0 Å². The monoisotopic (exact) mass is 380 g/mol.